The number of nitrogens with two attached hydrogens (primary N) is 1. The van der Waals surface area contributed by atoms with Crippen LogP contribution in [-0.4, -0.2) is 36.5 Å². The summed E-state index contributed by atoms with van der Waals surface area (Å²) in [5, 5.41) is 2.11. The molecule has 1 aromatic rings. The molecule has 1 aromatic heterocycles. The van der Waals surface area contributed by atoms with Crippen molar-refractivity contribution in [2.75, 3.05) is 25.6 Å². The summed E-state index contributed by atoms with van der Waals surface area (Å²) in [5.41, 5.74) is 5.91. The zero-order valence-electron chi connectivity index (χ0n) is 9.94. The minimum Gasteiger partial charge on any atom is -0.329 e. The molecule has 0 aliphatic rings. The molecule has 0 spiro atoms. The first kappa shape index (κ1) is 14.5. The van der Waals surface area contributed by atoms with Crippen molar-refractivity contribution in [3.63, 3.8) is 0 Å². The number of nitrogens with zero attached hydrogens (tertiary/aromatic N) is 1. The molecule has 16 heavy (non-hydrogen) atoms. The normalized spacial score (nSPS) is 15.4. The van der Waals surface area contributed by atoms with Crippen LogP contribution in [0.15, 0.2) is 15.9 Å². The molecule has 2 unspecified atom stereocenters. The Balaban J connectivity index is 2.78. The summed E-state index contributed by atoms with van der Waals surface area (Å²) in [6.07, 6.45) is 2.14. The molecule has 2 atom stereocenters. The number of thioether (sulfide) groups is 1. The van der Waals surface area contributed by atoms with Crippen LogP contribution in [0.2, 0.25) is 0 Å². The Morgan fingerprint density at radius 1 is 1.62 bits per heavy atom. The van der Waals surface area contributed by atoms with E-state index in [0.29, 0.717) is 18.6 Å². The van der Waals surface area contributed by atoms with Crippen LogP contribution in [0.25, 0.3) is 0 Å². The topological polar surface area (TPSA) is 29.3 Å². The van der Waals surface area contributed by atoms with E-state index in [-0.39, 0.29) is 0 Å². The van der Waals surface area contributed by atoms with Gasteiger partial charge in [0.1, 0.15) is 0 Å². The number of thiophene rings is 1. The third kappa shape index (κ3) is 3.47. The zero-order chi connectivity index (χ0) is 12.1. The van der Waals surface area contributed by atoms with Crippen molar-refractivity contribution >= 4 is 39.0 Å². The van der Waals surface area contributed by atoms with Gasteiger partial charge in [-0.3, -0.25) is 4.90 Å². The molecule has 92 valence electrons. The maximum absolute atomic E-state index is 5.91. The summed E-state index contributed by atoms with van der Waals surface area (Å²) < 4.78 is 1.18. The van der Waals surface area contributed by atoms with Crippen molar-refractivity contribution in [3.05, 3.63) is 20.8 Å². The molecule has 1 heterocycles. The Kier molecular flexibility index (Phi) is 6.36. The Labute approximate surface area is 115 Å². The lowest BCUT2D eigenvalue weighted by molar-refractivity contribution is 0.206. The first-order valence-corrected chi connectivity index (χ1v) is 8.32. The van der Waals surface area contributed by atoms with Crippen LogP contribution >= 0.6 is 39.0 Å². The number of likely N-dealkylation sites (N-methyl/N-ethyl adjacent to an activating group) is 1. The van der Waals surface area contributed by atoms with Crippen LogP contribution in [-0.2, 0) is 0 Å². The van der Waals surface area contributed by atoms with E-state index in [1.165, 1.54) is 9.35 Å². The van der Waals surface area contributed by atoms with Gasteiger partial charge in [0.25, 0.3) is 0 Å². The van der Waals surface area contributed by atoms with Crippen LogP contribution < -0.4 is 5.73 Å². The molecule has 0 amide bonds. The van der Waals surface area contributed by atoms with Gasteiger partial charge in [0, 0.05) is 27.7 Å². The summed E-state index contributed by atoms with van der Waals surface area (Å²) >= 11 is 7.23. The van der Waals surface area contributed by atoms with Crippen molar-refractivity contribution < 1.29 is 0 Å². The molecule has 5 heteroatoms. The lowest BCUT2D eigenvalue weighted by Crippen LogP contribution is -2.38. The molecule has 0 saturated carbocycles. The highest BCUT2D eigenvalue weighted by Crippen LogP contribution is 2.32. The highest BCUT2D eigenvalue weighted by molar-refractivity contribution is 9.10. The van der Waals surface area contributed by atoms with Crippen molar-refractivity contribution in [3.8, 4) is 0 Å². The van der Waals surface area contributed by atoms with E-state index in [1.807, 2.05) is 11.8 Å². The molecule has 2 N–H and O–H groups in total. The Hall–Kier alpha value is 0.450. The van der Waals surface area contributed by atoms with Crippen molar-refractivity contribution in [2.45, 2.75) is 19.0 Å². The van der Waals surface area contributed by atoms with Gasteiger partial charge >= 0.3 is 0 Å². The smallest absolute Gasteiger partial charge is 0.0575 e. The van der Waals surface area contributed by atoms with Crippen LogP contribution in [0.3, 0.4) is 0 Å². The standard InChI is InChI=1S/C11H19BrN2S2/c1-8(7-15-3)14(2)10(6-13)11-9(12)4-5-16-11/h4-5,8,10H,6-7,13H2,1-3H3. The molecule has 2 nitrogen and oxygen atoms in total. The van der Waals surface area contributed by atoms with Crippen LogP contribution in [0.5, 0.6) is 0 Å². The van der Waals surface area contributed by atoms with Gasteiger partial charge < -0.3 is 5.73 Å². The molecule has 0 aromatic carbocycles. The van der Waals surface area contributed by atoms with E-state index in [9.17, 15) is 0 Å². The molecule has 0 aliphatic carbocycles. The van der Waals surface area contributed by atoms with E-state index in [4.69, 9.17) is 5.73 Å². The minimum atomic E-state index is 0.316. The molecular weight excluding hydrogens is 304 g/mol. The number of halogens is 1. The highest BCUT2D eigenvalue weighted by atomic mass is 79.9. The average molecular weight is 323 g/mol. The second kappa shape index (κ2) is 7.01. The van der Waals surface area contributed by atoms with E-state index in [1.54, 1.807) is 11.3 Å². The quantitative estimate of drug-likeness (QED) is 0.872. The SMILES string of the molecule is CSCC(C)N(C)C(CN)c1sccc1Br. The Morgan fingerprint density at radius 2 is 2.31 bits per heavy atom. The highest BCUT2D eigenvalue weighted by Gasteiger charge is 2.22. The van der Waals surface area contributed by atoms with Crippen LogP contribution in [0, 0.1) is 0 Å². The second-order valence-corrected chi connectivity index (χ2v) is 6.57. The predicted octanol–water partition coefficient (Wildman–Crippen LogP) is 3.19. The fraction of sp³-hybridized carbons (Fsp3) is 0.636. The fourth-order valence-electron chi connectivity index (χ4n) is 1.67. The van der Waals surface area contributed by atoms with E-state index >= 15 is 0 Å². The van der Waals surface area contributed by atoms with Crippen LogP contribution in [0.4, 0.5) is 0 Å². The molecular formula is C11H19BrN2S2. The van der Waals surface area contributed by atoms with E-state index < -0.39 is 0 Å². The maximum Gasteiger partial charge on any atom is 0.0575 e. The van der Waals surface area contributed by atoms with Gasteiger partial charge in [0.05, 0.1) is 6.04 Å². The van der Waals surface area contributed by atoms with Gasteiger partial charge in [-0.05, 0) is 47.6 Å². The number of rotatable bonds is 6. The number of hydrogen-bond donors (Lipinski definition) is 1. The predicted molar refractivity (Wildman–Crippen MR) is 79.4 cm³/mol. The van der Waals surface area contributed by atoms with Gasteiger partial charge in [-0.1, -0.05) is 0 Å². The first-order valence-electron chi connectivity index (χ1n) is 5.25. The van der Waals surface area contributed by atoms with Crippen molar-refractivity contribution in [1.29, 1.82) is 0 Å². The molecule has 0 radical (unpaired) electrons. The van der Waals surface area contributed by atoms with E-state index in [0.717, 1.165) is 5.75 Å². The lowest BCUT2D eigenvalue weighted by Gasteiger charge is -2.31. The maximum atomic E-state index is 5.91. The summed E-state index contributed by atoms with van der Waals surface area (Å²) in [5.74, 6) is 1.13. The molecule has 0 saturated heterocycles. The largest absolute Gasteiger partial charge is 0.329 e. The summed E-state index contributed by atoms with van der Waals surface area (Å²) in [4.78, 5) is 3.70. The molecule has 0 bridgehead atoms. The summed E-state index contributed by atoms with van der Waals surface area (Å²) in [7, 11) is 2.16. The first-order chi connectivity index (χ1) is 7.61. The summed E-state index contributed by atoms with van der Waals surface area (Å²) in [6.45, 7) is 2.91. The lowest BCUT2D eigenvalue weighted by atomic mass is 10.2. The second-order valence-electron chi connectivity index (χ2n) is 3.85. The minimum absolute atomic E-state index is 0.316. The number of hydrogen-bond acceptors (Lipinski definition) is 4. The molecule has 1 rings (SSSR count). The van der Waals surface area contributed by atoms with Gasteiger partial charge in [-0.2, -0.15) is 11.8 Å². The van der Waals surface area contributed by atoms with Gasteiger partial charge in [0.15, 0.2) is 0 Å². The Morgan fingerprint density at radius 3 is 2.75 bits per heavy atom. The third-order valence-electron chi connectivity index (χ3n) is 2.77. The summed E-state index contributed by atoms with van der Waals surface area (Å²) in [6, 6.07) is 2.95. The van der Waals surface area contributed by atoms with Crippen LogP contribution in [0.1, 0.15) is 17.8 Å². The van der Waals surface area contributed by atoms with Gasteiger partial charge in [-0.15, -0.1) is 11.3 Å². The molecule has 0 aliphatic heterocycles. The fourth-order valence-corrected chi connectivity index (χ4v) is 4.19. The third-order valence-corrected chi connectivity index (χ3v) is 5.55. The van der Waals surface area contributed by atoms with Gasteiger partial charge in [0.2, 0.25) is 0 Å². The van der Waals surface area contributed by atoms with E-state index in [2.05, 4.69) is 52.5 Å². The van der Waals surface area contributed by atoms with Gasteiger partial charge in [-0.25, -0.2) is 0 Å². The monoisotopic (exact) mass is 322 g/mol. The van der Waals surface area contributed by atoms with Crippen molar-refractivity contribution in [1.82, 2.24) is 4.90 Å². The Bertz CT molecular complexity index is 317. The molecule has 0 fully saturated rings. The zero-order valence-corrected chi connectivity index (χ0v) is 13.2. The van der Waals surface area contributed by atoms with Crippen molar-refractivity contribution in [2.24, 2.45) is 5.73 Å². The average Bonchev–Trinajstić information content (AvgIpc) is 2.66.